The van der Waals surface area contributed by atoms with Crippen molar-refractivity contribution in [2.75, 3.05) is 54.0 Å². The van der Waals surface area contributed by atoms with Gasteiger partial charge in [0.1, 0.15) is 5.75 Å². The highest BCUT2D eigenvalue weighted by molar-refractivity contribution is 6.31. The van der Waals surface area contributed by atoms with E-state index in [9.17, 15) is 9.90 Å². The van der Waals surface area contributed by atoms with E-state index in [1.165, 1.54) is 10.9 Å². The number of likely N-dealkylation sites (N-methyl/N-ethyl adjacent to an activating group) is 1. The van der Waals surface area contributed by atoms with Crippen molar-refractivity contribution in [1.82, 2.24) is 19.3 Å². The average Bonchev–Trinajstić information content (AvgIpc) is 3.18. The van der Waals surface area contributed by atoms with Crippen LogP contribution in [0.4, 0.5) is 0 Å². The molecule has 1 fully saturated rings. The Hall–Kier alpha value is -2.58. The smallest absolute Gasteiger partial charge is 0.236 e. The molecule has 198 valence electrons. The predicted octanol–water partition coefficient (Wildman–Crippen LogP) is 3.81. The van der Waals surface area contributed by atoms with Crippen LogP contribution in [0.5, 0.6) is 5.75 Å². The molecule has 2 aliphatic heterocycles. The molecule has 1 amide bonds. The van der Waals surface area contributed by atoms with Crippen molar-refractivity contribution in [3.8, 4) is 5.75 Å². The first-order valence-electron chi connectivity index (χ1n) is 13.0. The number of aromatic nitrogens is 1. The molecule has 0 bridgehead atoms. The van der Waals surface area contributed by atoms with E-state index in [4.69, 9.17) is 16.3 Å². The summed E-state index contributed by atoms with van der Waals surface area (Å²) in [7, 11) is 7.64. The number of rotatable bonds is 6. The number of aliphatic hydroxyl groups excluding tert-OH is 1. The van der Waals surface area contributed by atoms with Crippen LogP contribution < -0.4 is 4.74 Å². The largest absolute Gasteiger partial charge is 0.497 e. The van der Waals surface area contributed by atoms with E-state index < -0.39 is 0 Å². The molecular formula is C29H37ClN4O3. The zero-order chi connectivity index (χ0) is 26.3. The molecule has 1 atom stereocenters. The highest BCUT2D eigenvalue weighted by Crippen LogP contribution is 2.50. The topological polar surface area (TPSA) is 61.2 Å². The Kier molecular flexibility index (Phi) is 7.24. The minimum Gasteiger partial charge on any atom is -0.497 e. The van der Waals surface area contributed by atoms with Gasteiger partial charge >= 0.3 is 0 Å². The molecule has 0 aliphatic carbocycles. The van der Waals surface area contributed by atoms with Crippen molar-refractivity contribution in [3.05, 3.63) is 64.3 Å². The highest BCUT2D eigenvalue weighted by Gasteiger charge is 2.48. The van der Waals surface area contributed by atoms with Gasteiger partial charge in [-0.05, 0) is 56.3 Å². The van der Waals surface area contributed by atoms with Gasteiger partial charge in [0.2, 0.25) is 5.91 Å². The van der Waals surface area contributed by atoms with Crippen molar-refractivity contribution >= 4 is 28.4 Å². The number of aryl methyl sites for hydroxylation is 1. The summed E-state index contributed by atoms with van der Waals surface area (Å²) in [5.74, 6) is 0.997. The fourth-order valence-corrected chi connectivity index (χ4v) is 6.63. The number of likely N-dealkylation sites (tertiary alicyclic amines) is 1. The summed E-state index contributed by atoms with van der Waals surface area (Å²) in [5.41, 5.74) is 4.50. The first kappa shape index (κ1) is 26.0. The van der Waals surface area contributed by atoms with Crippen LogP contribution in [0.1, 0.15) is 35.7 Å². The van der Waals surface area contributed by atoms with Crippen LogP contribution in [0.25, 0.3) is 10.9 Å². The van der Waals surface area contributed by atoms with Gasteiger partial charge in [-0.25, -0.2) is 0 Å². The highest BCUT2D eigenvalue weighted by atomic mass is 35.5. The van der Waals surface area contributed by atoms with Crippen LogP contribution in [0.15, 0.2) is 42.5 Å². The first-order valence-corrected chi connectivity index (χ1v) is 13.3. The third kappa shape index (κ3) is 4.63. The molecule has 3 aromatic rings. The lowest BCUT2D eigenvalue weighted by Gasteiger charge is -2.50. The number of ether oxygens (including phenoxy) is 1. The number of hydrogen-bond donors (Lipinski definition) is 1. The summed E-state index contributed by atoms with van der Waals surface area (Å²) < 4.78 is 7.78. The number of halogens is 1. The summed E-state index contributed by atoms with van der Waals surface area (Å²) in [6.07, 6.45) is 1.75. The van der Waals surface area contributed by atoms with E-state index in [0.717, 1.165) is 60.0 Å². The Labute approximate surface area is 224 Å². The molecule has 5 rings (SSSR count). The van der Waals surface area contributed by atoms with Gasteiger partial charge in [0.25, 0.3) is 0 Å². The van der Waals surface area contributed by atoms with Crippen LogP contribution in [-0.2, 0) is 23.8 Å². The molecule has 2 aliphatic rings. The number of carbonyl (C=O) groups excluding carboxylic acids is 1. The summed E-state index contributed by atoms with van der Waals surface area (Å²) in [6.45, 7) is 3.35. The van der Waals surface area contributed by atoms with Gasteiger partial charge in [-0.3, -0.25) is 9.69 Å². The van der Waals surface area contributed by atoms with Crippen molar-refractivity contribution in [2.24, 2.45) is 7.05 Å². The van der Waals surface area contributed by atoms with Crippen molar-refractivity contribution in [3.63, 3.8) is 0 Å². The second-order valence-electron chi connectivity index (χ2n) is 10.8. The van der Waals surface area contributed by atoms with E-state index in [-0.39, 0.29) is 24.0 Å². The average molecular weight is 525 g/mol. The van der Waals surface area contributed by atoms with E-state index in [1.807, 2.05) is 48.2 Å². The Balaban J connectivity index is 1.60. The number of benzene rings is 2. The van der Waals surface area contributed by atoms with Gasteiger partial charge in [0.05, 0.1) is 31.8 Å². The molecule has 7 nitrogen and oxygen atoms in total. The molecule has 1 aromatic heterocycles. The monoisotopic (exact) mass is 524 g/mol. The lowest BCUT2D eigenvalue weighted by Crippen LogP contribution is -2.55. The second-order valence-corrected chi connectivity index (χ2v) is 11.2. The van der Waals surface area contributed by atoms with Crippen molar-refractivity contribution in [1.29, 1.82) is 0 Å². The second kappa shape index (κ2) is 10.3. The molecule has 3 heterocycles. The molecule has 0 unspecified atom stereocenters. The van der Waals surface area contributed by atoms with Crippen LogP contribution in [0, 0.1) is 0 Å². The normalized spacial score (nSPS) is 19.5. The molecule has 8 heteroatoms. The number of piperidine rings is 1. The Morgan fingerprint density at radius 2 is 1.92 bits per heavy atom. The van der Waals surface area contributed by atoms with E-state index in [1.54, 1.807) is 7.11 Å². The molecule has 1 saturated heterocycles. The lowest BCUT2D eigenvalue weighted by molar-refractivity contribution is -0.133. The molecule has 0 saturated carbocycles. The van der Waals surface area contributed by atoms with Crippen LogP contribution in [0.2, 0.25) is 5.02 Å². The van der Waals surface area contributed by atoms with E-state index >= 15 is 0 Å². The summed E-state index contributed by atoms with van der Waals surface area (Å²) in [4.78, 5) is 19.2. The maximum absolute atomic E-state index is 12.9. The number of nitrogens with zero attached hydrogens (tertiary/aromatic N) is 4. The lowest BCUT2D eigenvalue weighted by atomic mass is 9.68. The standard InChI is InChI=1S/C29H37ClN4O3/c1-31(2)17-26(36)33-13-11-29(12-14-33)19-34(16-20-7-5-6-8-23(20)30)25(18-35)28-27(29)22-10-9-21(37-4)15-24(22)32(28)3/h5-10,15,25,35H,11-14,16-19H2,1-4H3/t25-/m0/s1. The van der Waals surface area contributed by atoms with E-state index in [0.29, 0.717) is 13.1 Å². The van der Waals surface area contributed by atoms with Gasteiger partial charge in [-0.15, -0.1) is 0 Å². The molecular weight excluding hydrogens is 488 g/mol. The maximum Gasteiger partial charge on any atom is 0.236 e. The fourth-order valence-electron chi connectivity index (χ4n) is 6.44. The quantitative estimate of drug-likeness (QED) is 0.531. The van der Waals surface area contributed by atoms with E-state index in [2.05, 4.69) is 34.7 Å². The minimum absolute atomic E-state index is 0.0161. The van der Waals surface area contributed by atoms with Crippen LogP contribution in [-0.4, -0.2) is 84.3 Å². The fraction of sp³-hybridized carbons (Fsp3) is 0.483. The van der Waals surface area contributed by atoms with Gasteiger partial charge in [0, 0.05) is 60.8 Å². The Morgan fingerprint density at radius 1 is 1.19 bits per heavy atom. The first-order chi connectivity index (χ1) is 17.8. The van der Waals surface area contributed by atoms with Gasteiger partial charge in [-0.2, -0.15) is 0 Å². The SMILES string of the molecule is COc1ccc2c3c(n(C)c2c1)[C@H](CO)N(Cc1ccccc1Cl)CC31CCN(C(=O)CN(C)C)CC1. The molecule has 0 radical (unpaired) electrons. The Bertz CT molecular complexity index is 1300. The maximum atomic E-state index is 12.9. The predicted molar refractivity (Wildman–Crippen MR) is 147 cm³/mol. The number of methoxy groups -OCH3 is 1. The third-order valence-corrected chi connectivity index (χ3v) is 8.64. The van der Waals surface area contributed by atoms with Gasteiger partial charge in [0.15, 0.2) is 0 Å². The number of amides is 1. The molecule has 37 heavy (non-hydrogen) atoms. The zero-order valence-electron chi connectivity index (χ0n) is 22.2. The van der Waals surface area contributed by atoms with Crippen LogP contribution in [0.3, 0.4) is 0 Å². The third-order valence-electron chi connectivity index (χ3n) is 8.27. The molecule has 2 aromatic carbocycles. The number of hydrogen-bond acceptors (Lipinski definition) is 5. The number of carbonyl (C=O) groups is 1. The molecule has 1 N–H and O–H groups in total. The Morgan fingerprint density at radius 3 is 2.57 bits per heavy atom. The number of fused-ring (bicyclic) bond motifs is 4. The van der Waals surface area contributed by atoms with Gasteiger partial charge in [-0.1, -0.05) is 29.8 Å². The van der Waals surface area contributed by atoms with Crippen LogP contribution >= 0.6 is 11.6 Å². The zero-order valence-corrected chi connectivity index (χ0v) is 23.0. The summed E-state index contributed by atoms with van der Waals surface area (Å²) in [6, 6.07) is 14.1. The number of aliphatic hydroxyl groups is 1. The minimum atomic E-state index is -0.159. The molecule has 1 spiro atoms. The summed E-state index contributed by atoms with van der Waals surface area (Å²) >= 11 is 6.58. The van der Waals surface area contributed by atoms with Crippen molar-refractivity contribution < 1.29 is 14.6 Å². The van der Waals surface area contributed by atoms with Gasteiger partial charge < -0.3 is 24.2 Å². The van der Waals surface area contributed by atoms with Crippen molar-refractivity contribution in [2.45, 2.75) is 30.8 Å². The summed E-state index contributed by atoms with van der Waals surface area (Å²) in [5, 5.41) is 12.7.